The van der Waals surface area contributed by atoms with E-state index in [1.54, 1.807) is 27.8 Å². The molecule has 2 unspecified atom stereocenters. The Labute approximate surface area is 188 Å². The molecule has 0 radical (unpaired) electrons. The van der Waals surface area contributed by atoms with Gasteiger partial charge in [-0.05, 0) is 49.4 Å². The van der Waals surface area contributed by atoms with Crippen LogP contribution in [0.1, 0.15) is 27.2 Å². The molecule has 5 nitrogen and oxygen atoms in total. The Kier molecular flexibility index (Phi) is 6.46. The maximum absolute atomic E-state index is 13.4. The van der Waals surface area contributed by atoms with E-state index in [9.17, 15) is 8.42 Å². The molecular formula is C24H29N3O2S2. The van der Waals surface area contributed by atoms with E-state index in [4.69, 9.17) is 4.99 Å². The van der Waals surface area contributed by atoms with Crippen molar-refractivity contribution in [2.24, 2.45) is 16.8 Å². The molecule has 0 spiro atoms. The van der Waals surface area contributed by atoms with Crippen LogP contribution in [0.2, 0.25) is 0 Å². The van der Waals surface area contributed by atoms with E-state index in [2.05, 4.69) is 30.7 Å². The summed E-state index contributed by atoms with van der Waals surface area (Å²) in [4.78, 5) is 6.04. The monoisotopic (exact) mass is 455 g/mol. The summed E-state index contributed by atoms with van der Waals surface area (Å²) in [5, 5.41) is 2.06. The van der Waals surface area contributed by atoms with Crippen molar-refractivity contribution in [2.45, 2.75) is 38.6 Å². The van der Waals surface area contributed by atoms with Crippen molar-refractivity contribution in [1.29, 1.82) is 0 Å². The lowest BCUT2D eigenvalue weighted by molar-refractivity contribution is 0.222. The first-order valence-electron chi connectivity index (χ1n) is 10.8. The Morgan fingerprint density at radius 1 is 1.03 bits per heavy atom. The summed E-state index contributed by atoms with van der Waals surface area (Å²) in [7, 11) is -3.52. The number of aromatic nitrogens is 1. The summed E-state index contributed by atoms with van der Waals surface area (Å²) >= 11 is 1.57. The number of hydrogen-bond donors (Lipinski definition) is 0. The zero-order valence-corrected chi connectivity index (χ0v) is 19.9. The molecule has 1 fully saturated rings. The number of hydrogen-bond acceptors (Lipinski definition) is 4. The van der Waals surface area contributed by atoms with E-state index >= 15 is 0 Å². The van der Waals surface area contributed by atoms with Gasteiger partial charge in [0.1, 0.15) is 0 Å². The molecule has 3 aromatic rings. The molecule has 1 aliphatic heterocycles. The number of rotatable bonds is 5. The van der Waals surface area contributed by atoms with E-state index < -0.39 is 10.0 Å². The van der Waals surface area contributed by atoms with Crippen molar-refractivity contribution in [1.82, 2.24) is 8.87 Å². The standard InChI is InChI=1S/C24H29N3O2S2/c1-4-27-23(17-30-24(27)25-21-10-6-5-7-11-21)20-9-8-12-22(14-20)31(28,29)26-15-18(2)13-19(3)16-26/h5-12,14,17-19H,4,13,15-16H2,1-3H3. The van der Waals surface area contributed by atoms with Crippen molar-refractivity contribution < 1.29 is 8.42 Å². The fourth-order valence-electron chi connectivity index (χ4n) is 4.33. The Morgan fingerprint density at radius 2 is 1.74 bits per heavy atom. The minimum Gasteiger partial charge on any atom is -0.317 e. The number of para-hydroxylation sites is 1. The summed E-state index contributed by atoms with van der Waals surface area (Å²) in [6.07, 6.45) is 1.07. The molecule has 2 atom stereocenters. The average molecular weight is 456 g/mol. The molecule has 0 N–H and O–H groups in total. The van der Waals surface area contributed by atoms with Crippen molar-refractivity contribution in [2.75, 3.05) is 13.1 Å². The van der Waals surface area contributed by atoms with Gasteiger partial charge < -0.3 is 4.57 Å². The molecule has 0 bridgehead atoms. The highest BCUT2D eigenvalue weighted by Crippen LogP contribution is 2.29. The molecule has 0 aliphatic carbocycles. The quantitative estimate of drug-likeness (QED) is 0.535. The fourth-order valence-corrected chi connectivity index (χ4v) is 7.05. The fraction of sp³-hybridized carbons (Fsp3) is 0.375. The van der Waals surface area contributed by atoms with Gasteiger partial charge >= 0.3 is 0 Å². The molecule has 164 valence electrons. The molecular weight excluding hydrogens is 426 g/mol. The van der Waals surface area contributed by atoms with Crippen LogP contribution in [0.5, 0.6) is 0 Å². The predicted molar refractivity (Wildman–Crippen MR) is 127 cm³/mol. The summed E-state index contributed by atoms with van der Waals surface area (Å²) in [6, 6.07) is 17.2. The van der Waals surface area contributed by atoms with Crippen LogP contribution in [0.15, 0.2) is 69.9 Å². The lowest BCUT2D eigenvalue weighted by atomic mass is 9.94. The average Bonchev–Trinajstić information content (AvgIpc) is 3.16. The Bertz CT molecular complexity index is 1200. The van der Waals surface area contributed by atoms with Crippen LogP contribution < -0.4 is 4.80 Å². The van der Waals surface area contributed by atoms with Gasteiger partial charge in [0, 0.05) is 30.6 Å². The SMILES string of the molecule is CCn1c(-c2cccc(S(=O)(=O)N3CC(C)CC(C)C3)c2)csc1=Nc1ccccc1. The molecule has 0 saturated carbocycles. The van der Waals surface area contributed by atoms with Gasteiger partial charge in [0.05, 0.1) is 16.3 Å². The third kappa shape index (κ3) is 4.68. The van der Waals surface area contributed by atoms with Crippen molar-refractivity contribution in [3.8, 4) is 11.3 Å². The first kappa shape index (κ1) is 22.0. The third-order valence-corrected chi connectivity index (χ3v) is 8.39. The van der Waals surface area contributed by atoms with E-state index in [1.807, 2.05) is 42.5 Å². The summed E-state index contributed by atoms with van der Waals surface area (Å²) in [6.45, 7) is 8.26. The second-order valence-electron chi connectivity index (χ2n) is 8.39. The molecule has 1 saturated heterocycles. The van der Waals surface area contributed by atoms with Crippen LogP contribution in [0.4, 0.5) is 5.69 Å². The maximum Gasteiger partial charge on any atom is 0.243 e. The number of thiazole rings is 1. The van der Waals surface area contributed by atoms with Gasteiger partial charge in [-0.2, -0.15) is 4.31 Å². The van der Waals surface area contributed by atoms with Crippen LogP contribution in [0.3, 0.4) is 0 Å². The van der Waals surface area contributed by atoms with Gasteiger partial charge in [0.15, 0.2) is 4.80 Å². The molecule has 1 aliphatic rings. The van der Waals surface area contributed by atoms with Gasteiger partial charge in [-0.1, -0.05) is 44.2 Å². The maximum atomic E-state index is 13.4. The summed E-state index contributed by atoms with van der Waals surface area (Å²) < 4.78 is 30.5. The summed E-state index contributed by atoms with van der Waals surface area (Å²) in [5.41, 5.74) is 2.79. The highest BCUT2D eigenvalue weighted by atomic mass is 32.2. The lowest BCUT2D eigenvalue weighted by Gasteiger charge is -2.34. The minimum atomic E-state index is -3.52. The predicted octanol–water partition coefficient (Wildman–Crippen LogP) is 5.14. The second kappa shape index (κ2) is 9.10. The van der Waals surface area contributed by atoms with E-state index in [0.29, 0.717) is 29.8 Å². The van der Waals surface area contributed by atoms with Gasteiger partial charge in [-0.25, -0.2) is 13.4 Å². The van der Waals surface area contributed by atoms with E-state index in [-0.39, 0.29) is 0 Å². The van der Waals surface area contributed by atoms with E-state index in [1.165, 1.54) is 0 Å². The van der Waals surface area contributed by atoms with E-state index in [0.717, 1.165) is 34.7 Å². The zero-order valence-electron chi connectivity index (χ0n) is 18.2. The Morgan fingerprint density at radius 3 is 2.42 bits per heavy atom. The van der Waals surface area contributed by atoms with Crippen LogP contribution in [-0.2, 0) is 16.6 Å². The zero-order chi connectivity index (χ0) is 22.0. The highest BCUT2D eigenvalue weighted by Gasteiger charge is 2.31. The summed E-state index contributed by atoms with van der Waals surface area (Å²) in [5.74, 6) is 0.756. The Balaban J connectivity index is 1.72. The number of nitrogens with zero attached hydrogens (tertiary/aromatic N) is 3. The largest absolute Gasteiger partial charge is 0.317 e. The first-order chi connectivity index (χ1) is 14.9. The lowest BCUT2D eigenvalue weighted by Crippen LogP contribution is -2.42. The molecule has 2 aromatic carbocycles. The normalized spacial score (nSPS) is 20.8. The molecule has 2 heterocycles. The Hall–Kier alpha value is -2.22. The first-order valence-corrected chi connectivity index (χ1v) is 13.1. The van der Waals surface area contributed by atoms with Gasteiger partial charge in [0.25, 0.3) is 0 Å². The van der Waals surface area contributed by atoms with Gasteiger partial charge in [-0.3, -0.25) is 0 Å². The number of benzene rings is 2. The van der Waals surface area contributed by atoms with Crippen LogP contribution in [-0.4, -0.2) is 30.4 Å². The van der Waals surface area contributed by atoms with Gasteiger partial charge in [-0.15, -0.1) is 11.3 Å². The van der Waals surface area contributed by atoms with Crippen molar-refractivity contribution >= 4 is 27.0 Å². The molecule has 1 aromatic heterocycles. The number of piperidine rings is 1. The minimum absolute atomic E-state index is 0.363. The number of sulfonamides is 1. The molecule has 31 heavy (non-hydrogen) atoms. The van der Waals surface area contributed by atoms with Crippen molar-refractivity contribution in [3.05, 3.63) is 64.8 Å². The van der Waals surface area contributed by atoms with Crippen LogP contribution >= 0.6 is 11.3 Å². The van der Waals surface area contributed by atoms with Crippen LogP contribution in [0.25, 0.3) is 11.3 Å². The van der Waals surface area contributed by atoms with Crippen LogP contribution in [0, 0.1) is 11.8 Å². The van der Waals surface area contributed by atoms with Crippen molar-refractivity contribution in [3.63, 3.8) is 0 Å². The highest BCUT2D eigenvalue weighted by molar-refractivity contribution is 7.89. The topological polar surface area (TPSA) is 54.7 Å². The van der Waals surface area contributed by atoms with Gasteiger partial charge in [0.2, 0.25) is 10.0 Å². The molecule has 0 amide bonds. The molecule has 4 rings (SSSR count). The molecule has 7 heteroatoms. The third-order valence-electron chi connectivity index (χ3n) is 5.70. The smallest absolute Gasteiger partial charge is 0.243 e. The second-order valence-corrected chi connectivity index (χ2v) is 11.2.